The van der Waals surface area contributed by atoms with Gasteiger partial charge in [0.2, 0.25) is 0 Å². The van der Waals surface area contributed by atoms with Gasteiger partial charge in [0.15, 0.2) is 11.2 Å². The van der Waals surface area contributed by atoms with Crippen LogP contribution in [-0.4, -0.2) is 13.1 Å². The van der Waals surface area contributed by atoms with E-state index in [1.165, 1.54) is 0 Å². The molecule has 2 rings (SSSR count). The van der Waals surface area contributed by atoms with Gasteiger partial charge in [-0.2, -0.15) is 0 Å². The zero-order valence-corrected chi connectivity index (χ0v) is 10.2. The molecule has 6 heteroatoms. The second-order valence-corrected chi connectivity index (χ2v) is 3.78. The van der Waals surface area contributed by atoms with Crippen LogP contribution in [0.25, 0.3) is 11.2 Å². The average Bonchev–Trinajstić information content (AvgIpc) is 2.36. The fraction of sp³-hybridized carbons (Fsp3) is 0.333. The van der Waals surface area contributed by atoms with Gasteiger partial charge in [0.05, 0.1) is 11.4 Å². The molecule has 0 bridgehead atoms. The zero-order chi connectivity index (χ0) is 13.3. The number of anilines is 2. The molecule has 6 nitrogen and oxygen atoms in total. The highest BCUT2D eigenvalue weighted by Crippen LogP contribution is 2.29. The molecule has 0 unspecified atom stereocenters. The van der Waals surface area contributed by atoms with Gasteiger partial charge >= 0.3 is 11.3 Å². The Balaban J connectivity index is 2.84. The molecular formula is C12H14N2O4. The van der Waals surface area contributed by atoms with Crippen LogP contribution in [0.15, 0.2) is 30.6 Å². The van der Waals surface area contributed by atoms with Gasteiger partial charge in [-0.15, -0.1) is 0 Å². The Morgan fingerprint density at radius 2 is 1.61 bits per heavy atom. The van der Waals surface area contributed by atoms with Crippen LogP contribution in [0, 0.1) is 0 Å². The summed E-state index contributed by atoms with van der Waals surface area (Å²) >= 11 is 0. The van der Waals surface area contributed by atoms with Crippen LogP contribution >= 0.6 is 0 Å². The number of nitrogen functional groups attached to an aromatic ring is 1. The zero-order valence-electron chi connectivity index (χ0n) is 10.2. The number of nitrogens with two attached hydrogens (primary N) is 1. The smallest absolute Gasteiger partial charge is 0.412 e. The first-order chi connectivity index (χ1) is 8.58. The molecule has 0 aliphatic carbocycles. The first-order valence-corrected chi connectivity index (χ1v) is 5.69. The molecule has 0 aliphatic rings. The maximum Gasteiger partial charge on any atom is 0.423 e. The molecule has 96 valence electrons. The summed E-state index contributed by atoms with van der Waals surface area (Å²) in [5.74, 6) is 0. The van der Waals surface area contributed by atoms with Gasteiger partial charge in [-0.3, -0.25) is 0 Å². The summed E-state index contributed by atoms with van der Waals surface area (Å²) in [6, 6.07) is 3.37. The lowest BCUT2D eigenvalue weighted by Crippen LogP contribution is -2.25. The summed E-state index contributed by atoms with van der Waals surface area (Å²) in [6.45, 7) is 5.42. The Labute approximate surface area is 103 Å². The third kappa shape index (κ3) is 1.85. The van der Waals surface area contributed by atoms with Crippen molar-refractivity contribution >= 4 is 22.5 Å². The third-order valence-corrected chi connectivity index (χ3v) is 2.78. The fourth-order valence-electron chi connectivity index (χ4n) is 1.85. The quantitative estimate of drug-likeness (QED) is 0.649. The van der Waals surface area contributed by atoms with Crippen LogP contribution in [0.2, 0.25) is 0 Å². The van der Waals surface area contributed by atoms with Crippen molar-refractivity contribution in [3.63, 3.8) is 0 Å². The Morgan fingerprint density at radius 1 is 1.06 bits per heavy atom. The van der Waals surface area contributed by atoms with Crippen molar-refractivity contribution in [3.8, 4) is 0 Å². The van der Waals surface area contributed by atoms with Crippen LogP contribution in [-0.2, 0) is 0 Å². The van der Waals surface area contributed by atoms with E-state index in [-0.39, 0.29) is 16.9 Å². The average molecular weight is 250 g/mol. The number of fused-ring (bicyclic) bond motifs is 1. The van der Waals surface area contributed by atoms with Crippen molar-refractivity contribution in [2.75, 3.05) is 23.7 Å². The number of rotatable bonds is 3. The molecular weight excluding hydrogens is 236 g/mol. The summed E-state index contributed by atoms with van der Waals surface area (Å²) in [7, 11) is 0. The molecule has 1 aromatic heterocycles. The highest BCUT2D eigenvalue weighted by molar-refractivity contribution is 5.92. The molecule has 2 aromatic rings. The molecule has 0 fully saturated rings. The van der Waals surface area contributed by atoms with Gasteiger partial charge in [-0.25, -0.2) is 9.59 Å². The standard InChI is InChI=1S/C12H14N2O4/c1-3-14(4-2)8-6-5-7(13)9-10(8)18-12(16)11(15)17-9/h5-6H,3-4,13H2,1-2H3. The van der Waals surface area contributed by atoms with E-state index < -0.39 is 11.3 Å². The minimum atomic E-state index is -1.05. The van der Waals surface area contributed by atoms with Gasteiger partial charge in [0.25, 0.3) is 0 Å². The highest BCUT2D eigenvalue weighted by atomic mass is 16.5. The van der Waals surface area contributed by atoms with Gasteiger partial charge < -0.3 is 19.5 Å². The van der Waals surface area contributed by atoms with Gasteiger partial charge in [0, 0.05) is 13.1 Å². The van der Waals surface area contributed by atoms with Crippen molar-refractivity contribution in [3.05, 3.63) is 33.0 Å². The molecule has 0 amide bonds. The van der Waals surface area contributed by atoms with Crippen LogP contribution in [0.5, 0.6) is 0 Å². The molecule has 0 atom stereocenters. The summed E-state index contributed by atoms with van der Waals surface area (Å²) in [6.07, 6.45) is 0. The second-order valence-electron chi connectivity index (χ2n) is 3.78. The predicted octanol–water partition coefficient (Wildman–Crippen LogP) is 1.17. The van der Waals surface area contributed by atoms with Crippen molar-refractivity contribution in [1.82, 2.24) is 0 Å². The Kier molecular flexibility index (Phi) is 3.10. The summed E-state index contributed by atoms with van der Waals surface area (Å²) in [5, 5.41) is 0. The Morgan fingerprint density at radius 3 is 2.17 bits per heavy atom. The first-order valence-electron chi connectivity index (χ1n) is 5.69. The third-order valence-electron chi connectivity index (χ3n) is 2.78. The van der Waals surface area contributed by atoms with E-state index >= 15 is 0 Å². The first kappa shape index (κ1) is 12.2. The van der Waals surface area contributed by atoms with Gasteiger partial charge in [0.1, 0.15) is 0 Å². The van der Waals surface area contributed by atoms with E-state index in [0.717, 1.165) is 13.1 Å². The summed E-state index contributed by atoms with van der Waals surface area (Å²) in [5.41, 5.74) is 4.91. The number of hydrogen-bond donors (Lipinski definition) is 1. The number of hydrogen-bond acceptors (Lipinski definition) is 6. The minimum absolute atomic E-state index is 0.115. The summed E-state index contributed by atoms with van der Waals surface area (Å²) < 4.78 is 9.90. The molecule has 0 saturated carbocycles. The molecule has 2 N–H and O–H groups in total. The highest BCUT2D eigenvalue weighted by Gasteiger charge is 2.15. The van der Waals surface area contributed by atoms with Crippen molar-refractivity contribution in [2.24, 2.45) is 0 Å². The second kappa shape index (κ2) is 4.56. The van der Waals surface area contributed by atoms with E-state index in [2.05, 4.69) is 0 Å². The molecule has 0 saturated heterocycles. The van der Waals surface area contributed by atoms with E-state index in [9.17, 15) is 9.59 Å². The SMILES string of the molecule is CCN(CC)c1ccc(N)c2oc(=O)c(=O)oc12. The lowest BCUT2D eigenvalue weighted by Gasteiger charge is -2.21. The molecule has 1 aromatic carbocycles. The molecule has 0 radical (unpaired) electrons. The van der Waals surface area contributed by atoms with Crippen LogP contribution in [0.4, 0.5) is 11.4 Å². The Bertz CT molecular complexity index is 683. The predicted molar refractivity (Wildman–Crippen MR) is 69.0 cm³/mol. The van der Waals surface area contributed by atoms with Crippen molar-refractivity contribution in [2.45, 2.75) is 13.8 Å². The molecule has 0 aliphatic heterocycles. The Hall–Kier alpha value is -2.24. The van der Waals surface area contributed by atoms with Crippen LogP contribution in [0.3, 0.4) is 0 Å². The van der Waals surface area contributed by atoms with E-state index in [1.807, 2.05) is 18.7 Å². The molecule has 1 heterocycles. The van der Waals surface area contributed by atoms with E-state index in [1.54, 1.807) is 12.1 Å². The molecule has 18 heavy (non-hydrogen) atoms. The van der Waals surface area contributed by atoms with E-state index in [4.69, 9.17) is 14.6 Å². The molecule has 0 spiro atoms. The van der Waals surface area contributed by atoms with Gasteiger partial charge in [-0.1, -0.05) is 0 Å². The largest absolute Gasteiger partial charge is 0.423 e. The maximum absolute atomic E-state index is 11.3. The topological polar surface area (TPSA) is 89.7 Å². The normalized spacial score (nSPS) is 10.8. The van der Waals surface area contributed by atoms with Crippen LogP contribution in [0.1, 0.15) is 13.8 Å². The number of benzene rings is 1. The fourth-order valence-corrected chi connectivity index (χ4v) is 1.85. The van der Waals surface area contributed by atoms with Crippen molar-refractivity contribution in [1.29, 1.82) is 0 Å². The maximum atomic E-state index is 11.3. The lowest BCUT2D eigenvalue weighted by molar-refractivity contribution is 0.449. The lowest BCUT2D eigenvalue weighted by atomic mass is 10.2. The van der Waals surface area contributed by atoms with E-state index in [0.29, 0.717) is 5.69 Å². The summed E-state index contributed by atoms with van der Waals surface area (Å²) in [4.78, 5) is 24.4. The number of nitrogens with zero attached hydrogens (tertiary/aromatic N) is 1. The van der Waals surface area contributed by atoms with Crippen LogP contribution < -0.4 is 21.9 Å². The minimum Gasteiger partial charge on any atom is -0.412 e. The monoisotopic (exact) mass is 250 g/mol. The van der Waals surface area contributed by atoms with Crippen molar-refractivity contribution < 1.29 is 8.83 Å². The van der Waals surface area contributed by atoms with Gasteiger partial charge in [-0.05, 0) is 26.0 Å².